The third kappa shape index (κ3) is 2.83. The van der Waals surface area contributed by atoms with Crippen LogP contribution in [0.15, 0.2) is 35.9 Å². The molecule has 2 nitrogen and oxygen atoms in total. The monoisotopic (exact) mass is 202 g/mol. The summed E-state index contributed by atoms with van der Waals surface area (Å²) in [7, 11) is 0. The maximum atomic E-state index is 5.76. The van der Waals surface area contributed by atoms with Crippen molar-refractivity contribution in [3.63, 3.8) is 0 Å². The predicted molar refractivity (Wildman–Crippen MR) is 64.5 cm³/mol. The summed E-state index contributed by atoms with van der Waals surface area (Å²) in [6, 6.07) is 8.17. The largest absolute Gasteiger partial charge is 0.399 e. The molecule has 2 N–H and O–H groups in total. The van der Waals surface area contributed by atoms with E-state index in [4.69, 9.17) is 5.73 Å². The number of hydrogen-bond acceptors (Lipinski definition) is 2. The molecule has 0 atom stereocenters. The summed E-state index contributed by atoms with van der Waals surface area (Å²) in [5.41, 5.74) is 9.41. The highest BCUT2D eigenvalue weighted by Crippen LogP contribution is 2.14. The number of rotatable bonds is 2. The van der Waals surface area contributed by atoms with E-state index in [1.165, 1.54) is 17.6 Å². The molecule has 0 fully saturated rings. The van der Waals surface area contributed by atoms with Crippen LogP contribution >= 0.6 is 0 Å². The molecule has 15 heavy (non-hydrogen) atoms. The number of nitrogens with zero attached hydrogens (tertiary/aromatic N) is 1. The van der Waals surface area contributed by atoms with Crippen molar-refractivity contribution < 1.29 is 0 Å². The molecule has 2 heteroatoms. The quantitative estimate of drug-likeness (QED) is 0.589. The van der Waals surface area contributed by atoms with Crippen LogP contribution in [0.2, 0.25) is 0 Å². The lowest BCUT2D eigenvalue weighted by atomic mass is 10.1. The summed E-state index contributed by atoms with van der Waals surface area (Å²) in [6.07, 6.45) is 3.50. The standard InChI is InChI=1S/C13H18N2/c1-11-4-3-7-15(9-11)10-12-5-2-6-13(14)8-12/h2,4-6,8H,3,7,9-10,14H2,1H3. The fourth-order valence-electron chi connectivity index (χ4n) is 2.07. The van der Waals surface area contributed by atoms with Gasteiger partial charge in [0.15, 0.2) is 0 Å². The minimum absolute atomic E-state index is 0.858. The van der Waals surface area contributed by atoms with Gasteiger partial charge >= 0.3 is 0 Å². The Hall–Kier alpha value is -1.28. The van der Waals surface area contributed by atoms with Gasteiger partial charge in [0.05, 0.1) is 0 Å². The zero-order chi connectivity index (χ0) is 10.7. The Bertz CT molecular complexity index is 369. The van der Waals surface area contributed by atoms with Crippen molar-refractivity contribution in [2.24, 2.45) is 0 Å². The van der Waals surface area contributed by atoms with Crippen molar-refractivity contribution in [1.82, 2.24) is 4.90 Å². The van der Waals surface area contributed by atoms with Crippen molar-refractivity contribution in [3.8, 4) is 0 Å². The van der Waals surface area contributed by atoms with Gasteiger partial charge in [-0.1, -0.05) is 23.8 Å². The summed E-state index contributed by atoms with van der Waals surface area (Å²) in [6.45, 7) is 5.46. The van der Waals surface area contributed by atoms with E-state index in [2.05, 4.69) is 30.0 Å². The van der Waals surface area contributed by atoms with Crippen LogP contribution in [0.3, 0.4) is 0 Å². The van der Waals surface area contributed by atoms with Crippen molar-refractivity contribution in [2.45, 2.75) is 19.9 Å². The van der Waals surface area contributed by atoms with E-state index in [0.717, 1.165) is 25.3 Å². The fourth-order valence-corrected chi connectivity index (χ4v) is 2.07. The Balaban J connectivity index is 2.00. The van der Waals surface area contributed by atoms with Gasteiger partial charge in [-0.3, -0.25) is 4.90 Å². The minimum atomic E-state index is 0.858. The van der Waals surface area contributed by atoms with Crippen molar-refractivity contribution in [3.05, 3.63) is 41.5 Å². The summed E-state index contributed by atoms with van der Waals surface area (Å²) < 4.78 is 0. The maximum absolute atomic E-state index is 5.76. The Morgan fingerprint density at radius 3 is 3.00 bits per heavy atom. The van der Waals surface area contributed by atoms with Crippen molar-refractivity contribution in [2.75, 3.05) is 18.8 Å². The maximum Gasteiger partial charge on any atom is 0.0317 e. The SMILES string of the molecule is CC1=CCCN(Cc2cccc(N)c2)C1. The Kier molecular flexibility index (Phi) is 3.07. The second-order valence-corrected chi connectivity index (χ2v) is 4.29. The highest BCUT2D eigenvalue weighted by Gasteiger charge is 2.09. The molecule has 0 saturated carbocycles. The Labute approximate surface area is 91.4 Å². The van der Waals surface area contributed by atoms with Gasteiger partial charge in [-0.05, 0) is 31.0 Å². The second-order valence-electron chi connectivity index (χ2n) is 4.29. The van der Waals surface area contributed by atoms with E-state index in [0.29, 0.717) is 0 Å². The van der Waals surface area contributed by atoms with Crippen molar-refractivity contribution >= 4 is 5.69 Å². The van der Waals surface area contributed by atoms with E-state index in [-0.39, 0.29) is 0 Å². The molecule has 1 aliphatic heterocycles. The van der Waals surface area contributed by atoms with Gasteiger partial charge in [0.1, 0.15) is 0 Å². The molecule has 0 spiro atoms. The molecular weight excluding hydrogens is 184 g/mol. The van der Waals surface area contributed by atoms with Crippen LogP contribution in [0.25, 0.3) is 0 Å². The van der Waals surface area contributed by atoms with Crippen LogP contribution in [-0.2, 0) is 6.54 Å². The molecule has 0 unspecified atom stereocenters. The minimum Gasteiger partial charge on any atom is -0.399 e. The third-order valence-corrected chi connectivity index (χ3v) is 2.77. The number of benzene rings is 1. The Morgan fingerprint density at radius 1 is 1.40 bits per heavy atom. The van der Waals surface area contributed by atoms with Gasteiger partial charge in [-0.2, -0.15) is 0 Å². The summed E-state index contributed by atoms with van der Waals surface area (Å²) in [4.78, 5) is 2.46. The van der Waals surface area contributed by atoms with Crippen LogP contribution in [0.5, 0.6) is 0 Å². The molecule has 0 saturated heterocycles. The zero-order valence-corrected chi connectivity index (χ0v) is 9.24. The zero-order valence-electron chi connectivity index (χ0n) is 9.24. The topological polar surface area (TPSA) is 29.3 Å². The molecule has 1 heterocycles. The lowest BCUT2D eigenvalue weighted by molar-refractivity contribution is 0.282. The number of nitrogens with two attached hydrogens (primary N) is 1. The highest BCUT2D eigenvalue weighted by molar-refractivity contribution is 5.40. The van der Waals surface area contributed by atoms with Crippen LogP contribution in [0.1, 0.15) is 18.9 Å². The van der Waals surface area contributed by atoms with Crippen LogP contribution < -0.4 is 5.73 Å². The average molecular weight is 202 g/mol. The van der Waals surface area contributed by atoms with E-state index in [9.17, 15) is 0 Å². The van der Waals surface area contributed by atoms with Crippen LogP contribution in [0, 0.1) is 0 Å². The molecule has 0 radical (unpaired) electrons. The summed E-state index contributed by atoms with van der Waals surface area (Å²) in [5, 5.41) is 0. The Morgan fingerprint density at radius 2 is 2.27 bits per heavy atom. The second kappa shape index (κ2) is 4.49. The number of nitrogen functional groups attached to an aromatic ring is 1. The third-order valence-electron chi connectivity index (χ3n) is 2.77. The highest BCUT2D eigenvalue weighted by atomic mass is 15.1. The molecule has 0 bridgehead atoms. The van der Waals surface area contributed by atoms with Gasteiger partial charge in [0, 0.05) is 25.3 Å². The molecule has 0 aromatic heterocycles. The van der Waals surface area contributed by atoms with Gasteiger partial charge in [-0.15, -0.1) is 0 Å². The van der Waals surface area contributed by atoms with E-state index in [1.807, 2.05) is 12.1 Å². The molecule has 1 aromatic rings. The van der Waals surface area contributed by atoms with Crippen LogP contribution in [-0.4, -0.2) is 18.0 Å². The van der Waals surface area contributed by atoms with Gasteiger partial charge in [-0.25, -0.2) is 0 Å². The first-order valence-corrected chi connectivity index (χ1v) is 5.46. The predicted octanol–water partition coefficient (Wildman–Crippen LogP) is 2.42. The first kappa shape index (κ1) is 10.2. The normalized spacial score (nSPS) is 17.5. The van der Waals surface area contributed by atoms with E-state index < -0.39 is 0 Å². The van der Waals surface area contributed by atoms with Gasteiger partial charge < -0.3 is 5.73 Å². The molecule has 1 aliphatic rings. The van der Waals surface area contributed by atoms with Crippen LogP contribution in [0.4, 0.5) is 5.69 Å². The first-order valence-electron chi connectivity index (χ1n) is 5.46. The summed E-state index contributed by atoms with van der Waals surface area (Å²) >= 11 is 0. The summed E-state index contributed by atoms with van der Waals surface area (Å²) in [5.74, 6) is 0. The first-order chi connectivity index (χ1) is 7.24. The molecule has 0 amide bonds. The fraction of sp³-hybridized carbons (Fsp3) is 0.385. The van der Waals surface area contributed by atoms with Crippen molar-refractivity contribution in [1.29, 1.82) is 0 Å². The van der Waals surface area contributed by atoms with E-state index >= 15 is 0 Å². The molecule has 2 rings (SSSR count). The number of hydrogen-bond donors (Lipinski definition) is 1. The van der Waals surface area contributed by atoms with Gasteiger partial charge in [0.25, 0.3) is 0 Å². The average Bonchev–Trinajstić information content (AvgIpc) is 2.17. The smallest absolute Gasteiger partial charge is 0.0317 e. The van der Waals surface area contributed by atoms with E-state index in [1.54, 1.807) is 0 Å². The molecule has 1 aromatic carbocycles. The lowest BCUT2D eigenvalue weighted by Gasteiger charge is -2.25. The molecule has 0 aliphatic carbocycles. The van der Waals surface area contributed by atoms with Gasteiger partial charge in [0.2, 0.25) is 0 Å². The molecular formula is C13H18N2. The molecule has 80 valence electrons. The number of anilines is 1. The lowest BCUT2D eigenvalue weighted by Crippen LogP contribution is -2.28.